The van der Waals surface area contributed by atoms with Crippen molar-refractivity contribution in [2.75, 3.05) is 6.61 Å². The van der Waals surface area contributed by atoms with E-state index >= 15 is 0 Å². The molecule has 4 rings (SSSR count). The molecule has 2 saturated carbocycles. The van der Waals surface area contributed by atoms with E-state index in [1.54, 1.807) is 12.3 Å². The highest BCUT2D eigenvalue weighted by atomic mass is 19.4. The van der Waals surface area contributed by atoms with Gasteiger partial charge in [-0.2, -0.15) is 23.4 Å². The highest BCUT2D eigenvalue weighted by Gasteiger charge is 2.51. The molecule has 0 unspecified atom stereocenters. The molecule has 0 bridgehead atoms. The van der Waals surface area contributed by atoms with E-state index in [-0.39, 0.29) is 35.7 Å². The summed E-state index contributed by atoms with van der Waals surface area (Å²) in [5.41, 5.74) is 2.27. The van der Waals surface area contributed by atoms with Gasteiger partial charge in [-0.25, -0.2) is 4.79 Å². The number of carbonyl (C=O) groups excluding carboxylic acids is 2. The van der Waals surface area contributed by atoms with Crippen LogP contribution in [0.3, 0.4) is 0 Å². The summed E-state index contributed by atoms with van der Waals surface area (Å²) < 4.78 is 44.7. The van der Waals surface area contributed by atoms with Gasteiger partial charge in [-0.3, -0.25) is 4.79 Å². The largest absolute Gasteiger partial charge is 0.449 e. The SMILES string of the molecule is C[C@](O)(c1ccc(C(=O)N(C2CC2)[C@H]2CC[C@@](COC(N)=O)(c3cccnn3)CC2)cc1)C(F)(F)F. The molecule has 1 atom stereocenters. The lowest BCUT2D eigenvalue weighted by Crippen LogP contribution is -2.48. The zero-order valence-electron chi connectivity index (χ0n) is 19.9. The van der Waals surface area contributed by atoms with E-state index in [0.29, 0.717) is 38.3 Å². The maximum absolute atomic E-state index is 13.5. The number of aromatic nitrogens is 2. The van der Waals surface area contributed by atoms with Gasteiger partial charge in [0.15, 0.2) is 5.60 Å². The smallest absolute Gasteiger partial charge is 0.421 e. The van der Waals surface area contributed by atoms with E-state index in [1.807, 2.05) is 11.0 Å². The first-order valence-corrected chi connectivity index (χ1v) is 11.9. The normalized spacial score (nSPS) is 24.0. The lowest BCUT2D eigenvalue weighted by Gasteiger charge is -2.43. The number of alkyl halides is 3. The Hall–Kier alpha value is -3.21. The number of benzene rings is 1. The monoisotopic (exact) mass is 506 g/mol. The van der Waals surface area contributed by atoms with E-state index in [9.17, 15) is 27.9 Å². The molecule has 36 heavy (non-hydrogen) atoms. The van der Waals surface area contributed by atoms with Crippen LogP contribution in [0.15, 0.2) is 42.6 Å². The molecule has 0 spiro atoms. The molecule has 0 aliphatic heterocycles. The number of hydrogen-bond donors (Lipinski definition) is 2. The van der Waals surface area contributed by atoms with Crippen molar-refractivity contribution < 1.29 is 32.6 Å². The fraction of sp³-hybridized carbons (Fsp3) is 0.520. The summed E-state index contributed by atoms with van der Waals surface area (Å²) in [6.45, 7) is 0.749. The zero-order valence-corrected chi connectivity index (χ0v) is 19.9. The number of nitrogens with two attached hydrogens (primary N) is 1. The topological polar surface area (TPSA) is 119 Å². The second-order valence-corrected chi connectivity index (χ2v) is 9.82. The molecule has 1 aromatic carbocycles. The number of amides is 2. The van der Waals surface area contributed by atoms with Gasteiger partial charge in [-0.05, 0) is 75.3 Å². The van der Waals surface area contributed by atoms with Crippen molar-refractivity contribution in [3.05, 3.63) is 59.4 Å². The Morgan fingerprint density at radius 2 is 1.72 bits per heavy atom. The third-order valence-electron chi connectivity index (χ3n) is 7.33. The van der Waals surface area contributed by atoms with Gasteiger partial charge in [0.05, 0.1) is 5.69 Å². The van der Waals surface area contributed by atoms with Gasteiger partial charge in [0, 0.05) is 29.3 Å². The lowest BCUT2D eigenvalue weighted by molar-refractivity contribution is -0.258. The zero-order chi connectivity index (χ0) is 26.1. The van der Waals surface area contributed by atoms with Crippen LogP contribution < -0.4 is 5.73 Å². The number of primary amides is 1. The summed E-state index contributed by atoms with van der Waals surface area (Å²) in [6, 6.07) is 8.55. The van der Waals surface area contributed by atoms with Crippen LogP contribution in [0.4, 0.5) is 18.0 Å². The molecule has 2 aromatic rings. The molecule has 0 radical (unpaired) electrons. The van der Waals surface area contributed by atoms with Crippen LogP contribution in [0.25, 0.3) is 0 Å². The molecule has 11 heteroatoms. The number of hydrogen-bond acceptors (Lipinski definition) is 6. The van der Waals surface area contributed by atoms with E-state index in [1.165, 1.54) is 12.1 Å². The molecular weight excluding hydrogens is 477 g/mol. The number of nitrogens with zero attached hydrogens (tertiary/aromatic N) is 3. The van der Waals surface area contributed by atoms with E-state index in [2.05, 4.69) is 10.2 Å². The maximum Gasteiger partial charge on any atom is 0.421 e. The van der Waals surface area contributed by atoms with Crippen LogP contribution in [-0.4, -0.2) is 57.1 Å². The van der Waals surface area contributed by atoms with Crippen molar-refractivity contribution in [1.29, 1.82) is 0 Å². The predicted octanol–water partition coefficient (Wildman–Crippen LogP) is 3.83. The van der Waals surface area contributed by atoms with Crippen molar-refractivity contribution >= 4 is 12.0 Å². The molecule has 2 fully saturated rings. The van der Waals surface area contributed by atoms with Gasteiger partial charge < -0.3 is 20.5 Å². The lowest BCUT2D eigenvalue weighted by atomic mass is 9.70. The van der Waals surface area contributed by atoms with Gasteiger partial charge >= 0.3 is 12.3 Å². The van der Waals surface area contributed by atoms with Crippen molar-refractivity contribution in [1.82, 2.24) is 15.1 Å². The molecule has 3 N–H and O–H groups in total. The number of carbonyl (C=O) groups is 2. The van der Waals surface area contributed by atoms with Crippen molar-refractivity contribution in [2.45, 2.75) is 74.7 Å². The first kappa shape index (κ1) is 25.9. The Balaban J connectivity index is 1.51. The molecule has 2 amide bonds. The van der Waals surface area contributed by atoms with Crippen molar-refractivity contribution in [3.8, 4) is 0 Å². The van der Waals surface area contributed by atoms with E-state index in [4.69, 9.17) is 10.5 Å². The van der Waals surface area contributed by atoms with Crippen molar-refractivity contribution in [2.24, 2.45) is 5.73 Å². The first-order chi connectivity index (χ1) is 16.9. The van der Waals surface area contributed by atoms with Crippen LogP contribution in [0, 0.1) is 0 Å². The quantitative estimate of drug-likeness (QED) is 0.589. The van der Waals surface area contributed by atoms with Crippen LogP contribution in [0.5, 0.6) is 0 Å². The van der Waals surface area contributed by atoms with Gasteiger partial charge in [0.25, 0.3) is 5.91 Å². The Labute approximate surface area is 206 Å². The van der Waals surface area contributed by atoms with Crippen LogP contribution in [0.1, 0.15) is 67.1 Å². The van der Waals surface area contributed by atoms with Gasteiger partial charge in [0.2, 0.25) is 0 Å². The molecule has 0 saturated heterocycles. The van der Waals surface area contributed by atoms with Gasteiger partial charge in [-0.1, -0.05) is 12.1 Å². The molecular formula is C25H29F3N4O4. The van der Waals surface area contributed by atoms with Gasteiger partial charge in [-0.15, -0.1) is 0 Å². The second-order valence-electron chi connectivity index (χ2n) is 9.82. The minimum Gasteiger partial charge on any atom is -0.449 e. The number of aliphatic hydroxyl groups is 1. The maximum atomic E-state index is 13.5. The highest BCUT2D eigenvalue weighted by Crippen LogP contribution is 2.43. The highest BCUT2D eigenvalue weighted by molar-refractivity contribution is 5.95. The minimum atomic E-state index is -4.84. The summed E-state index contributed by atoms with van der Waals surface area (Å²) >= 11 is 0. The summed E-state index contributed by atoms with van der Waals surface area (Å²) in [4.78, 5) is 26.6. The third-order valence-corrected chi connectivity index (χ3v) is 7.33. The fourth-order valence-electron chi connectivity index (χ4n) is 4.93. The van der Waals surface area contributed by atoms with Crippen LogP contribution >= 0.6 is 0 Å². The third kappa shape index (κ3) is 5.16. The summed E-state index contributed by atoms with van der Waals surface area (Å²) in [7, 11) is 0. The Morgan fingerprint density at radius 3 is 2.22 bits per heavy atom. The minimum absolute atomic E-state index is 0.0612. The average molecular weight is 507 g/mol. The van der Waals surface area contributed by atoms with Crippen LogP contribution in [-0.2, 0) is 15.8 Å². The second kappa shape index (κ2) is 9.68. The summed E-state index contributed by atoms with van der Waals surface area (Å²) in [5, 5.41) is 18.1. The summed E-state index contributed by atoms with van der Waals surface area (Å²) in [5.74, 6) is -0.249. The number of ether oxygens (including phenoxy) is 1. The Kier molecular flexibility index (Phi) is 6.96. The van der Waals surface area contributed by atoms with Crippen molar-refractivity contribution in [3.63, 3.8) is 0 Å². The molecule has 8 nitrogen and oxygen atoms in total. The first-order valence-electron chi connectivity index (χ1n) is 11.9. The molecule has 1 aromatic heterocycles. The molecule has 1 heterocycles. The number of halogens is 3. The predicted molar refractivity (Wildman–Crippen MR) is 123 cm³/mol. The van der Waals surface area contributed by atoms with Gasteiger partial charge in [0.1, 0.15) is 6.61 Å². The Bertz CT molecular complexity index is 1080. The molecule has 2 aliphatic carbocycles. The van der Waals surface area contributed by atoms with E-state index in [0.717, 1.165) is 25.0 Å². The Morgan fingerprint density at radius 1 is 1.11 bits per heavy atom. The summed E-state index contributed by atoms with van der Waals surface area (Å²) in [6.07, 6.45) is 0.0130. The average Bonchev–Trinajstić information content (AvgIpc) is 3.69. The number of rotatable bonds is 7. The van der Waals surface area contributed by atoms with E-state index < -0.39 is 23.3 Å². The molecule has 194 valence electrons. The standard InChI is InChI=1S/C25H29F3N4O4/c1-23(35,25(26,27)28)17-6-4-16(5-7-17)21(33)32(18-8-9-18)19-10-12-24(13-11-19,15-36-22(29)34)20-3-2-14-30-31-20/h2-7,14,18-19,35H,8-13,15H2,1H3,(H2,29,34)/t19-,23-,24+/m0/s1. The molecule has 2 aliphatic rings. The fourth-order valence-corrected chi connectivity index (χ4v) is 4.93. The van der Waals surface area contributed by atoms with Crippen LogP contribution in [0.2, 0.25) is 0 Å².